The van der Waals surface area contributed by atoms with Crippen molar-refractivity contribution in [2.45, 2.75) is 76.0 Å². The van der Waals surface area contributed by atoms with Gasteiger partial charge in [0, 0.05) is 42.2 Å². The molecule has 0 saturated heterocycles. The minimum atomic E-state index is -3.59. The van der Waals surface area contributed by atoms with Gasteiger partial charge in [-0.05, 0) is 49.9 Å². The lowest BCUT2D eigenvalue weighted by Crippen LogP contribution is -2.25. The summed E-state index contributed by atoms with van der Waals surface area (Å²) >= 11 is 0. The summed E-state index contributed by atoms with van der Waals surface area (Å²) in [6, 6.07) is 14.3. The maximum absolute atomic E-state index is 12.4. The number of carbonyl (C=O) groups is 2. The molecule has 2 aromatic carbocycles. The third-order valence-corrected chi connectivity index (χ3v) is 8.02. The first kappa shape index (κ1) is 28.6. The summed E-state index contributed by atoms with van der Waals surface area (Å²) in [6.07, 6.45) is 11.5. The third kappa shape index (κ3) is 9.44. The maximum atomic E-state index is 12.4. The predicted octanol–water partition coefficient (Wildman–Crippen LogP) is 5.52. The van der Waals surface area contributed by atoms with Gasteiger partial charge in [-0.15, -0.1) is 0 Å². The Morgan fingerprint density at radius 1 is 0.838 bits per heavy atom. The van der Waals surface area contributed by atoms with Crippen LogP contribution in [-0.2, 0) is 21.2 Å². The second-order valence-electron chi connectivity index (χ2n) is 9.52. The topological polar surface area (TPSA) is 108 Å². The number of carbonyl (C=O) groups excluding carboxylic acids is 2. The molecule has 0 aliphatic rings. The van der Waals surface area contributed by atoms with Crippen LogP contribution in [0.25, 0.3) is 10.9 Å². The van der Waals surface area contributed by atoms with Crippen LogP contribution in [0, 0.1) is 0 Å². The number of rotatable bonds is 17. The number of aromatic nitrogens is 1. The number of para-hydroxylation sites is 1. The normalized spacial score (nSPS) is 11.6. The van der Waals surface area contributed by atoms with E-state index in [9.17, 15) is 18.0 Å². The van der Waals surface area contributed by atoms with Gasteiger partial charge in [-0.2, -0.15) is 0 Å². The van der Waals surface area contributed by atoms with Crippen molar-refractivity contribution in [3.63, 3.8) is 0 Å². The Kier molecular flexibility index (Phi) is 11.4. The monoisotopic (exact) mass is 525 g/mol. The highest BCUT2D eigenvalue weighted by atomic mass is 32.2. The lowest BCUT2D eigenvalue weighted by Gasteiger charge is -2.08. The van der Waals surface area contributed by atoms with Crippen LogP contribution in [0.2, 0.25) is 0 Å². The van der Waals surface area contributed by atoms with E-state index >= 15 is 0 Å². The predicted molar refractivity (Wildman–Crippen MR) is 148 cm³/mol. The van der Waals surface area contributed by atoms with Gasteiger partial charge in [0.1, 0.15) is 0 Å². The van der Waals surface area contributed by atoms with Crippen LogP contribution >= 0.6 is 0 Å². The Balaban J connectivity index is 1.16. The van der Waals surface area contributed by atoms with Gasteiger partial charge in [0.15, 0.2) is 5.78 Å². The summed E-state index contributed by atoms with van der Waals surface area (Å²) in [4.78, 5) is 27.0. The highest BCUT2D eigenvalue weighted by Crippen LogP contribution is 2.18. The van der Waals surface area contributed by atoms with Crippen LogP contribution in [0.3, 0.4) is 0 Å². The molecule has 0 saturated carbocycles. The molecule has 0 unspecified atom stereocenters. The van der Waals surface area contributed by atoms with Crippen LogP contribution < -0.4 is 10.0 Å². The molecular weight excluding hydrogens is 486 g/mol. The molecule has 200 valence electrons. The van der Waals surface area contributed by atoms with Crippen LogP contribution in [0.4, 0.5) is 0 Å². The van der Waals surface area contributed by atoms with Crippen molar-refractivity contribution in [2.75, 3.05) is 13.1 Å². The van der Waals surface area contributed by atoms with Crippen molar-refractivity contribution in [1.82, 2.24) is 15.0 Å². The van der Waals surface area contributed by atoms with E-state index in [1.165, 1.54) is 30.0 Å². The molecule has 3 N–H and O–H groups in total. The number of sulfonamides is 1. The first-order valence-corrected chi connectivity index (χ1v) is 14.8. The molecule has 0 spiro atoms. The fraction of sp³-hybridized carbons (Fsp3) is 0.448. The molecule has 0 aliphatic heterocycles. The number of Topliss-reactive ketones (excluding diaryl/α,β-unsaturated/α-hetero) is 1. The first-order valence-electron chi connectivity index (χ1n) is 13.3. The largest absolute Gasteiger partial charge is 0.361 e. The lowest BCUT2D eigenvalue weighted by molar-refractivity contribution is -0.121. The molecule has 0 fully saturated rings. The van der Waals surface area contributed by atoms with Gasteiger partial charge in [0.2, 0.25) is 15.9 Å². The van der Waals surface area contributed by atoms with Crippen molar-refractivity contribution in [3.8, 4) is 0 Å². The zero-order chi connectivity index (χ0) is 26.5. The lowest BCUT2D eigenvalue weighted by atomic mass is 10.1. The van der Waals surface area contributed by atoms with Gasteiger partial charge >= 0.3 is 0 Å². The smallest absolute Gasteiger partial charge is 0.240 e. The van der Waals surface area contributed by atoms with Gasteiger partial charge in [0.05, 0.1) is 4.90 Å². The van der Waals surface area contributed by atoms with Crippen LogP contribution in [-0.4, -0.2) is 38.2 Å². The third-order valence-electron chi connectivity index (χ3n) is 6.56. The van der Waals surface area contributed by atoms with E-state index in [-0.39, 0.29) is 16.6 Å². The van der Waals surface area contributed by atoms with Gasteiger partial charge in [-0.3, -0.25) is 9.59 Å². The number of fused-ring (bicyclic) bond motifs is 1. The van der Waals surface area contributed by atoms with Crippen molar-refractivity contribution in [1.29, 1.82) is 0 Å². The Hall–Kier alpha value is -2.97. The number of unbranched alkanes of at least 4 members (excludes halogenated alkanes) is 7. The molecule has 1 amide bonds. The maximum Gasteiger partial charge on any atom is 0.240 e. The molecule has 3 aromatic rings. The zero-order valence-electron chi connectivity index (χ0n) is 21.7. The van der Waals surface area contributed by atoms with E-state index in [4.69, 9.17) is 0 Å². The molecular formula is C29H39N3O4S. The van der Waals surface area contributed by atoms with Crippen molar-refractivity contribution in [2.24, 2.45) is 0 Å². The van der Waals surface area contributed by atoms with E-state index in [2.05, 4.69) is 27.2 Å². The van der Waals surface area contributed by atoms with Crippen LogP contribution in [0.1, 0.15) is 80.6 Å². The Morgan fingerprint density at radius 3 is 2.30 bits per heavy atom. The summed E-state index contributed by atoms with van der Waals surface area (Å²) in [5.41, 5.74) is 2.75. The van der Waals surface area contributed by atoms with Crippen molar-refractivity contribution >= 4 is 32.6 Å². The van der Waals surface area contributed by atoms with Crippen LogP contribution in [0.5, 0.6) is 0 Å². The number of benzene rings is 2. The number of aromatic amines is 1. The number of nitrogens with one attached hydrogen (secondary N) is 3. The second kappa shape index (κ2) is 14.7. The van der Waals surface area contributed by atoms with Gasteiger partial charge in [-0.25, -0.2) is 13.1 Å². The van der Waals surface area contributed by atoms with E-state index < -0.39 is 10.0 Å². The molecule has 3 rings (SSSR count). The first-order chi connectivity index (χ1) is 17.9. The van der Waals surface area contributed by atoms with E-state index in [0.29, 0.717) is 25.1 Å². The Bertz CT molecular complexity index is 1270. The molecule has 1 aromatic heterocycles. The average molecular weight is 526 g/mol. The fourth-order valence-electron chi connectivity index (χ4n) is 4.41. The fourth-order valence-corrected chi connectivity index (χ4v) is 5.53. The quantitative estimate of drug-likeness (QED) is 0.159. The molecule has 1 heterocycles. The van der Waals surface area contributed by atoms with E-state index in [1.807, 2.05) is 18.3 Å². The second-order valence-corrected chi connectivity index (χ2v) is 11.3. The van der Waals surface area contributed by atoms with E-state index in [0.717, 1.165) is 63.3 Å². The Morgan fingerprint density at radius 2 is 1.54 bits per heavy atom. The van der Waals surface area contributed by atoms with Gasteiger partial charge in [-0.1, -0.05) is 68.9 Å². The van der Waals surface area contributed by atoms with Gasteiger partial charge < -0.3 is 10.3 Å². The number of H-pyrrole nitrogens is 1. The average Bonchev–Trinajstić information content (AvgIpc) is 3.30. The molecule has 37 heavy (non-hydrogen) atoms. The summed E-state index contributed by atoms with van der Waals surface area (Å²) in [7, 11) is -3.59. The molecule has 0 atom stereocenters. The number of hydrogen-bond acceptors (Lipinski definition) is 4. The molecule has 8 heteroatoms. The zero-order valence-corrected chi connectivity index (χ0v) is 22.5. The number of amides is 1. The minimum Gasteiger partial charge on any atom is -0.361 e. The minimum absolute atomic E-state index is 0.121. The van der Waals surface area contributed by atoms with Gasteiger partial charge in [0.25, 0.3) is 0 Å². The molecule has 7 nitrogen and oxygen atoms in total. The molecule has 0 bridgehead atoms. The summed E-state index contributed by atoms with van der Waals surface area (Å²) in [5.74, 6) is -0.0343. The van der Waals surface area contributed by atoms with E-state index in [1.54, 1.807) is 12.1 Å². The molecule has 0 aliphatic carbocycles. The number of ketones is 1. The summed E-state index contributed by atoms with van der Waals surface area (Å²) in [5, 5.41) is 4.25. The number of hydrogen-bond donors (Lipinski definition) is 3. The standard InChI is InChI=1S/C29H39N3O4S/c1-23(33)24-13-12-14-26(21-24)37(35,36)32-19-11-7-5-3-2-4-6-8-17-29(34)30-20-18-25-22-31-28-16-10-9-15-27(25)28/h9-10,12-16,21-22,31-32H,2-8,11,17-20H2,1H3,(H,30,34). The summed E-state index contributed by atoms with van der Waals surface area (Å²) in [6.45, 7) is 2.47. The molecule has 0 radical (unpaired) electrons. The highest BCUT2D eigenvalue weighted by Gasteiger charge is 2.14. The Labute approximate surface area is 220 Å². The van der Waals surface area contributed by atoms with Crippen molar-refractivity contribution in [3.05, 3.63) is 65.9 Å². The van der Waals surface area contributed by atoms with Crippen LogP contribution in [0.15, 0.2) is 59.6 Å². The summed E-state index contributed by atoms with van der Waals surface area (Å²) < 4.78 is 27.4. The highest BCUT2D eigenvalue weighted by molar-refractivity contribution is 7.89. The van der Waals surface area contributed by atoms with Crippen molar-refractivity contribution < 1.29 is 18.0 Å². The SMILES string of the molecule is CC(=O)c1cccc(S(=O)(=O)NCCCCCCCCCCC(=O)NCCc2c[nH]c3ccccc23)c1.